The molecular formula is C27H45ClO. The van der Waals surface area contributed by atoms with Crippen LogP contribution in [0.4, 0.5) is 0 Å². The third kappa shape index (κ3) is 3.54. The number of fused-ring (bicyclic) bond motifs is 5. The fraction of sp³-hybridized carbons (Fsp3) is 0.963. The fourth-order valence-electron chi connectivity index (χ4n) is 9.11. The number of hydrogen-bond donors (Lipinski definition) is 0. The summed E-state index contributed by atoms with van der Waals surface area (Å²) in [5, 5.41) is -0.228. The van der Waals surface area contributed by atoms with E-state index in [1.165, 1.54) is 70.6 Å². The number of hydrogen-bond acceptors (Lipinski definition) is 1. The minimum Gasteiger partial charge on any atom is -0.298 e. The third-order valence-electron chi connectivity index (χ3n) is 10.5. The van der Waals surface area contributed by atoms with Gasteiger partial charge in [0.15, 0.2) is 5.78 Å². The van der Waals surface area contributed by atoms with Crippen LogP contribution in [0, 0.1) is 52.3 Å². The Bertz CT molecular complexity index is 614. The van der Waals surface area contributed by atoms with Crippen molar-refractivity contribution in [2.24, 2.45) is 52.3 Å². The molecule has 0 amide bonds. The molecule has 0 N–H and O–H groups in total. The minimum atomic E-state index is -0.228. The molecule has 4 saturated carbocycles. The molecule has 0 spiro atoms. The highest BCUT2D eigenvalue weighted by Gasteiger charge is 2.65. The molecule has 4 fully saturated rings. The molecule has 9 atom stereocenters. The Hall–Kier alpha value is -0.0400. The van der Waals surface area contributed by atoms with E-state index in [9.17, 15) is 4.79 Å². The molecule has 166 valence electrons. The number of rotatable bonds is 5. The monoisotopic (exact) mass is 420 g/mol. The molecule has 0 aromatic heterocycles. The molecule has 0 aliphatic heterocycles. The zero-order valence-corrected chi connectivity index (χ0v) is 20.4. The highest BCUT2D eigenvalue weighted by molar-refractivity contribution is 6.32. The number of ketones is 1. The van der Waals surface area contributed by atoms with Crippen molar-refractivity contribution < 1.29 is 4.79 Å². The molecule has 0 radical (unpaired) electrons. The van der Waals surface area contributed by atoms with Gasteiger partial charge in [0.2, 0.25) is 0 Å². The summed E-state index contributed by atoms with van der Waals surface area (Å²) in [6.45, 7) is 12.0. The summed E-state index contributed by atoms with van der Waals surface area (Å²) in [4.78, 5) is 13.5. The van der Waals surface area contributed by atoms with Crippen LogP contribution in [0.5, 0.6) is 0 Å². The molecule has 4 aliphatic rings. The van der Waals surface area contributed by atoms with E-state index >= 15 is 0 Å². The Morgan fingerprint density at radius 2 is 1.72 bits per heavy atom. The van der Waals surface area contributed by atoms with Crippen LogP contribution < -0.4 is 0 Å². The summed E-state index contributed by atoms with van der Waals surface area (Å²) < 4.78 is 0. The van der Waals surface area contributed by atoms with Gasteiger partial charge in [-0.3, -0.25) is 4.79 Å². The van der Waals surface area contributed by atoms with Gasteiger partial charge in [-0.1, -0.05) is 60.3 Å². The Morgan fingerprint density at radius 3 is 2.45 bits per heavy atom. The van der Waals surface area contributed by atoms with E-state index in [0.29, 0.717) is 29.0 Å². The summed E-state index contributed by atoms with van der Waals surface area (Å²) >= 11 is 7.04. The molecule has 4 aliphatic carbocycles. The van der Waals surface area contributed by atoms with Crippen molar-refractivity contribution in [3.63, 3.8) is 0 Å². The van der Waals surface area contributed by atoms with E-state index < -0.39 is 0 Å². The maximum Gasteiger partial charge on any atom is 0.154 e. The van der Waals surface area contributed by atoms with Crippen molar-refractivity contribution >= 4 is 17.4 Å². The first-order valence-electron chi connectivity index (χ1n) is 12.9. The van der Waals surface area contributed by atoms with Crippen LogP contribution in [-0.4, -0.2) is 11.2 Å². The number of carbonyl (C=O) groups excluding carboxylic acids is 1. The van der Waals surface area contributed by atoms with Crippen LogP contribution in [0.1, 0.15) is 105 Å². The van der Waals surface area contributed by atoms with Crippen LogP contribution in [0.25, 0.3) is 0 Å². The lowest BCUT2D eigenvalue weighted by molar-refractivity contribution is -0.126. The van der Waals surface area contributed by atoms with E-state index in [1.807, 2.05) is 0 Å². The topological polar surface area (TPSA) is 17.1 Å². The predicted octanol–water partition coefficient (Wildman–Crippen LogP) is 7.89. The second-order valence-electron chi connectivity index (χ2n) is 12.5. The van der Waals surface area contributed by atoms with Crippen LogP contribution in [-0.2, 0) is 4.79 Å². The van der Waals surface area contributed by atoms with Gasteiger partial charge in [-0.25, -0.2) is 0 Å². The molecule has 0 bridgehead atoms. The molecule has 0 saturated heterocycles. The van der Waals surface area contributed by atoms with Crippen molar-refractivity contribution in [3.05, 3.63) is 0 Å². The molecule has 2 unspecified atom stereocenters. The number of halogens is 1. The summed E-state index contributed by atoms with van der Waals surface area (Å²) in [6.07, 6.45) is 14.7. The van der Waals surface area contributed by atoms with Crippen molar-refractivity contribution in [1.29, 1.82) is 0 Å². The SMILES string of the molecule is CC(C)CCC[C@@H](C)[C@H]1C(=O)C(Cl)[C@H]2[C@@H]3CCC4CCCC[C@]4(C)[C@H]3CC[C@]12C. The summed E-state index contributed by atoms with van der Waals surface area (Å²) in [5.41, 5.74) is 0.656. The lowest BCUT2D eigenvalue weighted by Crippen LogP contribution is -2.54. The first-order valence-corrected chi connectivity index (χ1v) is 13.3. The van der Waals surface area contributed by atoms with Crippen molar-refractivity contribution in [2.75, 3.05) is 0 Å². The Kier molecular flexibility index (Phi) is 6.22. The summed E-state index contributed by atoms with van der Waals surface area (Å²) in [6, 6.07) is 0. The second-order valence-corrected chi connectivity index (χ2v) is 12.9. The Morgan fingerprint density at radius 1 is 0.966 bits per heavy atom. The normalized spacial score (nSPS) is 48.2. The van der Waals surface area contributed by atoms with Gasteiger partial charge in [0.05, 0.1) is 5.38 Å². The van der Waals surface area contributed by atoms with E-state index in [0.717, 1.165) is 17.8 Å². The Labute approximate surface area is 185 Å². The number of Topliss-reactive ketones (excluding diaryl/α,β-unsaturated/α-hetero) is 1. The van der Waals surface area contributed by atoms with Crippen molar-refractivity contribution in [2.45, 2.75) is 111 Å². The average molecular weight is 421 g/mol. The molecular weight excluding hydrogens is 376 g/mol. The van der Waals surface area contributed by atoms with Gasteiger partial charge in [-0.15, -0.1) is 11.6 Å². The average Bonchev–Trinajstić information content (AvgIpc) is 2.86. The highest BCUT2D eigenvalue weighted by atomic mass is 35.5. The zero-order chi connectivity index (χ0) is 21.0. The van der Waals surface area contributed by atoms with Crippen LogP contribution in [0.15, 0.2) is 0 Å². The molecule has 4 rings (SSSR count). The minimum absolute atomic E-state index is 0.139. The lowest BCUT2D eigenvalue weighted by atomic mass is 9.44. The second kappa shape index (κ2) is 8.14. The van der Waals surface area contributed by atoms with E-state index in [4.69, 9.17) is 11.6 Å². The van der Waals surface area contributed by atoms with Gasteiger partial charge >= 0.3 is 0 Å². The quantitative estimate of drug-likeness (QED) is 0.413. The van der Waals surface area contributed by atoms with E-state index in [2.05, 4.69) is 34.6 Å². The van der Waals surface area contributed by atoms with Gasteiger partial charge < -0.3 is 0 Å². The summed E-state index contributed by atoms with van der Waals surface area (Å²) in [5.74, 6) is 4.69. The molecule has 0 aromatic carbocycles. The van der Waals surface area contributed by atoms with Crippen LogP contribution >= 0.6 is 11.6 Å². The Balaban J connectivity index is 1.56. The molecule has 1 nitrogen and oxygen atoms in total. The van der Waals surface area contributed by atoms with Gasteiger partial charge in [-0.05, 0) is 91.3 Å². The van der Waals surface area contributed by atoms with E-state index in [-0.39, 0.29) is 16.7 Å². The molecule has 2 heteroatoms. The predicted molar refractivity (Wildman–Crippen MR) is 123 cm³/mol. The fourth-order valence-corrected chi connectivity index (χ4v) is 9.72. The third-order valence-corrected chi connectivity index (χ3v) is 11.0. The van der Waals surface area contributed by atoms with Crippen LogP contribution in [0.3, 0.4) is 0 Å². The van der Waals surface area contributed by atoms with Gasteiger partial charge in [0, 0.05) is 5.92 Å². The standard InChI is InChI=1S/C27H45ClO/c1-17(2)9-8-10-18(3)22-25(29)24(28)23-20-13-12-19-11-6-7-15-26(19,4)21(20)14-16-27(22,23)5/h17-24H,6-16H2,1-5H3/t18-,19?,20-,21+,22+,23-,24?,26+,27-/m1/s1. The zero-order valence-electron chi connectivity index (χ0n) is 19.7. The van der Waals surface area contributed by atoms with Gasteiger partial charge in [-0.2, -0.15) is 0 Å². The summed E-state index contributed by atoms with van der Waals surface area (Å²) in [7, 11) is 0. The maximum absolute atomic E-state index is 13.5. The lowest BCUT2D eigenvalue weighted by Gasteiger charge is -2.60. The van der Waals surface area contributed by atoms with Gasteiger partial charge in [0.1, 0.15) is 0 Å². The first kappa shape index (κ1) is 22.2. The first-order chi connectivity index (χ1) is 13.7. The largest absolute Gasteiger partial charge is 0.298 e. The smallest absolute Gasteiger partial charge is 0.154 e. The van der Waals surface area contributed by atoms with Gasteiger partial charge in [0.25, 0.3) is 0 Å². The molecule has 0 aromatic rings. The van der Waals surface area contributed by atoms with Crippen molar-refractivity contribution in [1.82, 2.24) is 0 Å². The number of carbonyl (C=O) groups is 1. The highest BCUT2D eigenvalue weighted by Crippen LogP contribution is 2.68. The number of alkyl halides is 1. The maximum atomic E-state index is 13.5. The molecule has 29 heavy (non-hydrogen) atoms. The molecule has 0 heterocycles. The van der Waals surface area contributed by atoms with Crippen molar-refractivity contribution in [3.8, 4) is 0 Å². The van der Waals surface area contributed by atoms with E-state index in [1.54, 1.807) is 0 Å². The van der Waals surface area contributed by atoms with Crippen LogP contribution in [0.2, 0.25) is 0 Å².